The molecular formula is C14H15Cl2N3. The summed E-state index contributed by atoms with van der Waals surface area (Å²) in [5.41, 5.74) is 1.82. The molecule has 1 atom stereocenters. The predicted molar refractivity (Wildman–Crippen MR) is 79.9 cm³/mol. The molecule has 1 aromatic carbocycles. The standard InChI is InChI=1S/C14H15Cl2N3/c1-10(12-5-3-4-6-13(12)16)19(2)14-9-17-8-11(7-15)18-14/h3-6,8-10H,7H2,1-2H3. The Kier molecular flexibility index (Phi) is 4.61. The second-order valence-corrected chi connectivity index (χ2v) is 4.99. The van der Waals surface area contributed by atoms with Crippen molar-refractivity contribution in [2.24, 2.45) is 0 Å². The van der Waals surface area contributed by atoms with E-state index in [4.69, 9.17) is 23.2 Å². The normalized spacial score (nSPS) is 12.2. The highest BCUT2D eigenvalue weighted by Crippen LogP contribution is 2.28. The average molecular weight is 296 g/mol. The van der Waals surface area contributed by atoms with E-state index >= 15 is 0 Å². The first kappa shape index (κ1) is 14.1. The first-order valence-corrected chi connectivity index (χ1v) is 6.89. The molecule has 3 nitrogen and oxygen atoms in total. The lowest BCUT2D eigenvalue weighted by atomic mass is 10.1. The molecule has 0 bridgehead atoms. The number of benzene rings is 1. The number of anilines is 1. The molecule has 5 heteroatoms. The van der Waals surface area contributed by atoms with Crippen LogP contribution in [0.5, 0.6) is 0 Å². The number of rotatable bonds is 4. The zero-order valence-electron chi connectivity index (χ0n) is 10.8. The Bertz CT molecular complexity index is 560. The third-order valence-corrected chi connectivity index (χ3v) is 3.72. The summed E-state index contributed by atoms with van der Waals surface area (Å²) >= 11 is 12.0. The van der Waals surface area contributed by atoms with E-state index in [-0.39, 0.29) is 6.04 Å². The molecule has 0 aliphatic carbocycles. The van der Waals surface area contributed by atoms with Crippen LogP contribution in [0.2, 0.25) is 5.02 Å². The van der Waals surface area contributed by atoms with Crippen molar-refractivity contribution in [3.8, 4) is 0 Å². The van der Waals surface area contributed by atoms with Gasteiger partial charge in [0.05, 0.1) is 23.8 Å². The van der Waals surface area contributed by atoms with Crippen LogP contribution in [-0.4, -0.2) is 17.0 Å². The summed E-state index contributed by atoms with van der Waals surface area (Å²) in [5.74, 6) is 1.14. The van der Waals surface area contributed by atoms with Crippen molar-refractivity contribution in [2.75, 3.05) is 11.9 Å². The van der Waals surface area contributed by atoms with Crippen molar-refractivity contribution in [1.82, 2.24) is 9.97 Å². The van der Waals surface area contributed by atoms with Crippen molar-refractivity contribution in [3.63, 3.8) is 0 Å². The van der Waals surface area contributed by atoms with Gasteiger partial charge in [-0.2, -0.15) is 0 Å². The van der Waals surface area contributed by atoms with Crippen LogP contribution < -0.4 is 4.90 Å². The number of halogens is 2. The molecule has 2 rings (SSSR count). The lowest BCUT2D eigenvalue weighted by Gasteiger charge is -2.26. The molecule has 1 heterocycles. The quantitative estimate of drug-likeness (QED) is 0.796. The van der Waals surface area contributed by atoms with Crippen LogP contribution in [0.1, 0.15) is 24.2 Å². The van der Waals surface area contributed by atoms with Gasteiger partial charge in [0.25, 0.3) is 0 Å². The highest BCUT2D eigenvalue weighted by Gasteiger charge is 2.16. The molecular weight excluding hydrogens is 281 g/mol. The lowest BCUT2D eigenvalue weighted by Crippen LogP contribution is -2.23. The molecule has 1 aromatic heterocycles. The minimum atomic E-state index is 0.105. The molecule has 100 valence electrons. The van der Waals surface area contributed by atoms with E-state index in [2.05, 4.69) is 16.9 Å². The largest absolute Gasteiger partial charge is 0.352 e. The summed E-state index contributed by atoms with van der Waals surface area (Å²) in [6.07, 6.45) is 3.40. The van der Waals surface area contributed by atoms with E-state index in [0.29, 0.717) is 5.88 Å². The molecule has 0 radical (unpaired) electrons. The van der Waals surface area contributed by atoms with Crippen molar-refractivity contribution < 1.29 is 0 Å². The summed E-state index contributed by atoms with van der Waals surface area (Å²) in [6, 6.07) is 7.91. The number of aromatic nitrogens is 2. The molecule has 0 fully saturated rings. The Balaban J connectivity index is 2.28. The zero-order chi connectivity index (χ0) is 13.8. The molecule has 0 aliphatic heterocycles. The number of alkyl halides is 1. The van der Waals surface area contributed by atoms with Gasteiger partial charge in [-0.1, -0.05) is 29.8 Å². The minimum absolute atomic E-state index is 0.105. The van der Waals surface area contributed by atoms with Gasteiger partial charge in [0.1, 0.15) is 5.82 Å². The third kappa shape index (κ3) is 3.17. The maximum absolute atomic E-state index is 6.23. The fraction of sp³-hybridized carbons (Fsp3) is 0.286. The van der Waals surface area contributed by atoms with Gasteiger partial charge in [-0.15, -0.1) is 11.6 Å². The van der Waals surface area contributed by atoms with Crippen LogP contribution in [0.15, 0.2) is 36.7 Å². The average Bonchev–Trinajstić information content (AvgIpc) is 2.46. The van der Waals surface area contributed by atoms with E-state index in [0.717, 1.165) is 22.1 Å². The first-order valence-electron chi connectivity index (χ1n) is 5.97. The second-order valence-electron chi connectivity index (χ2n) is 4.31. The van der Waals surface area contributed by atoms with Gasteiger partial charge in [-0.3, -0.25) is 4.98 Å². The Labute approximate surface area is 123 Å². The van der Waals surface area contributed by atoms with Crippen molar-refractivity contribution in [2.45, 2.75) is 18.8 Å². The van der Waals surface area contributed by atoms with Crippen LogP contribution in [0.3, 0.4) is 0 Å². The van der Waals surface area contributed by atoms with Crippen molar-refractivity contribution >= 4 is 29.0 Å². The third-order valence-electron chi connectivity index (χ3n) is 3.11. The van der Waals surface area contributed by atoms with Gasteiger partial charge < -0.3 is 4.90 Å². The molecule has 0 N–H and O–H groups in total. The fourth-order valence-corrected chi connectivity index (χ4v) is 2.27. The van der Waals surface area contributed by atoms with Gasteiger partial charge >= 0.3 is 0 Å². The highest BCUT2D eigenvalue weighted by atomic mass is 35.5. The first-order chi connectivity index (χ1) is 9.13. The number of nitrogens with zero attached hydrogens (tertiary/aromatic N) is 3. The Morgan fingerprint density at radius 1 is 1.26 bits per heavy atom. The molecule has 0 aliphatic rings. The topological polar surface area (TPSA) is 29.0 Å². The molecule has 1 unspecified atom stereocenters. The molecule has 0 saturated heterocycles. The second kappa shape index (κ2) is 6.22. The minimum Gasteiger partial charge on any atom is -0.352 e. The fourth-order valence-electron chi connectivity index (χ4n) is 1.85. The number of hydrogen-bond acceptors (Lipinski definition) is 3. The van der Waals surface area contributed by atoms with Gasteiger partial charge in [-0.05, 0) is 18.6 Å². The summed E-state index contributed by atoms with van der Waals surface area (Å²) in [5, 5.41) is 0.753. The van der Waals surface area contributed by atoms with Gasteiger partial charge in [0, 0.05) is 18.3 Å². The van der Waals surface area contributed by atoms with Crippen LogP contribution in [0.25, 0.3) is 0 Å². The Morgan fingerprint density at radius 3 is 2.68 bits per heavy atom. The summed E-state index contributed by atoms with van der Waals surface area (Å²) in [7, 11) is 1.97. The van der Waals surface area contributed by atoms with Crippen molar-refractivity contribution in [1.29, 1.82) is 0 Å². The van der Waals surface area contributed by atoms with Gasteiger partial charge in [0.2, 0.25) is 0 Å². The lowest BCUT2D eigenvalue weighted by molar-refractivity contribution is 0.724. The van der Waals surface area contributed by atoms with Crippen LogP contribution in [0.4, 0.5) is 5.82 Å². The smallest absolute Gasteiger partial charge is 0.147 e. The summed E-state index contributed by atoms with van der Waals surface area (Å²) in [4.78, 5) is 10.6. The molecule has 19 heavy (non-hydrogen) atoms. The van der Waals surface area contributed by atoms with Crippen LogP contribution in [0, 0.1) is 0 Å². The summed E-state index contributed by atoms with van der Waals surface area (Å²) < 4.78 is 0. The molecule has 0 amide bonds. The zero-order valence-corrected chi connectivity index (χ0v) is 12.4. The summed E-state index contributed by atoms with van der Waals surface area (Å²) in [6.45, 7) is 2.08. The van der Waals surface area contributed by atoms with E-state index in [1.54, 1.807) is 12.4 Å². The van der Waals surface area contributed by atoms with Crippen LogP contribution in [-0.2, 0) is 5.88 Å². The Morgan fingerprint density at radius 2 is 2.00 bits per heavy atom. The van der Waals surface area contributed by atoms with Crippen molar-refractivity contribution in [3.05, 3.63) is 52.9 Å². The maximum atomic E-state index is 6.23. The van der Waals surface area contributed by atoms with Crippen LogP contribution >= 0.6 is 23.2 Å². The Hall–Kier alpha value is -1.32. The van der Waals surface area contributed by atoms with Gasteiger partial charge in [-0.25, -0.2) is 4.98 Å². The van der Waals surface area contributed by atoms with Gasteiger partial charge in [0.15, 0.2) is 0 Å². The monoisotopic (exact) mass is 295 g/mol. The van der Waals surface area contributed by atoms with E-state index in [9.17, 15) is 0 Å². The number of hydrogen-bond donors (Lipinski definition) is 0. The SMILES string of the molecule is CC(c1ccccc1Cl)N(C)c1cncc(CCl)n1. The van der Waals surface area contributed by atoms with E-state index in [1.807, 2.05) is 36.2 Å². The van der Waals surface area contributed by atoms with E-state index < -0.39 is 0 Å². The molecule has 0 spiro atoms. The molecule has 2 aromatic rings. The highest BCUT2D eigenvalue weighted by molar-refractivity contribution is 6.31. The van der Waals surface area contributed by atoms with E-state index in [1.165, 1.54) is 0 Å². The maximum Gasteiger partial charge on any atom is 0.147 e. The molecule has 0 saturated carbocycles. The predicted octanol–water partition coefficient (Wildman–Crippen LogP) is 4.07.